The van der Waals surface area contributed by atoms with Gasteiger partial charge in [-0.15, -0.1) is 0 Å². The Kier molecular flexibility index (Phi) is 5.23. The van der Waals surface area contributed by atoms with Gasteiger partial charge in [-0.2, -0.15) is 0 Å². The van der Waals surface area contributed by atoms with Crippen LogP contribution in [0.5, 0.6) is 5.75 Å². The third kappa shape index (κ3) is 3.46. The number of H-pyrrole nitrogens is 1. The normalized spacial score (nSPS) is 12.3. The van der Waals surface area contributed by atoms with E-state index in [0.717, 1.165) is 16.5 Å². The Hall–Kier alpha value is -3.51. The van der Waals surface area contributed by atoms with E-state index in [-0.39, 0.29) is 10.8 Å². The van der Waals surface area contributed by atoms with Crippen molar-refractivity contribution in [2.45, 2.75) is 24.3 Å². The molecule has 0 saturated carbocycles. The Morgan fingerprint density at radius 2 is 1.78 bits per heavy atom. The molecule has 1 atom stereocenters. The third-order valence-corrected chi connectivity index (χ3v) is 6.73. The van der Waals surface area contributed by atoms with Gasteiger partial charge in [-0.3, -0.25) is 4.79 Å². The number of aromatic amines is 1. The Morgan fingerprint density at radius 3 is 2.56 bits per heavy atom. The number of hydrogen-bond acceptors (Lipinski definition) is 4. The summed E-state index contributed by atoms with van der Waals surface area (Å²) in [5.41, 5.74) is 4.84. The molecule has 1 N–H and O–H groups in total. The molecule has 160 valence electrons. The van der Waals surface area contributed by atoms with Gasteiger partial charge in [-0.1, -0.05) is 66.4 Å². The number of benzene rings is 3. The number of hydrogen-bond donors (Lipinski definition) is 1. The Labute approximate surface area is 190 Å². The van der Waals surface area contributed by atoms with Crippen LogP contribution in [0.3, 0.4) is 0 Å². The second-order valence-corrected chi connectivity index (χ2v) is 9.08. The molecule has 0 saturated heterocycles. The first-order valence-corrected chi connectivity index (χ1v) is 11.3. The average Bonchev–Trinajstić information content (AvgIpc) is 3.19. The van der Waals surface area contributed by atoms with Gasteiger partial charge in [0.2, 0.25) is 0 Å². The highest BCUT2D eigenvalue weighted by Crippen LogP contribution is 2.37. The molecule has 5 aromatic rings. The number of rotatable bonds is 5. The van der Waals surface area contributed by atoms with E-state index in [9.17, 15) is 4.79 Å². The Morgan fingerprint density at radius 1 is 1.03 bits per heavy atom. The van der Waals surface area contributed by atoms with Crippen molar-refractivity contribution in [2.24, 2.45) is 0 Å². The molecule has 0 amide bonds. The zero-order chi connectivity index (χ0) is 22.2. The molecule has 2 aromatic heterocycles. The van der Waals surface area contributed by atoms with Crippen LogP contribution in [-0.2, 0) is 0 Å². The molecule has 6 heteroatoms. The number of ether oxygens (including phenoxy) is 1. The molecule has 3 aromatic carbocycles. The van der Waals surface area contributed by atoms with Crippen molar-refractivity contribution in [1.29, 1.82) is 0 Å². The van der Waals surface area contributed by atoms with E-state index < -0.39 is 0 Å². The first-order chi connectivity index (χ1) is 15.6. The van der Waals surface area contributed by atoms with Crippen LogP contribution in [0.25, 0.3) is 27.6 Å². The van der Waals surface area contributed by atoms with Gasteiger partial charge in [0.15, 0.2) is 5.16 Å². The molecule has 0 bridgehead atoms. The number of aromatic nitrogens is 3. The standard InChI is InChI=1S/C26H23N3O2S/c1-16-13-14-22(31-3)21(15-16)29-25(30)24-23(19-11-7-8-12-20(19)27-24)28-26(29)32-17(2)18-9-5-4-6-10-18/h4-15,17,27H,1-3H3. The van der Waals surface area contributed by atoms with E-state index >= 15 is 0 Å². The summed E-state index contributed by atoms with van der Waals surface area (Å²) in [6, 6.07) is 24.0. The van der Waals surface area contributed by atoms with Crippen molar-refractivity contribution < 1.29 is 4.74 Å². The molecule has 32 heavy (non-hydrogen) atoms. The largest absolute Gasteiger partial charge is 0.495 e. The first kappa shape index (κ1) is 20.4. The summed E-state index contributed by atoms with van der Waals surface area (Å²) in [4.78, 5) is 22.1. The smallest absolute Gasteiger partial charge is 0.283 e. The highest BCUT2D eigenvalue weighted by atomic mass is 32.2. The topological polar surface area (TPSA) is 59.9 Å². The molecular formula is C26H23N3O2S. The van der Waals surface area contributed by atoms with Crippen LogP contribution in [0.4, 0.5) is 0 Å². The average molecular weight is 442 g/mol. The zero-order valence-corrected chi connectivity index (χ0v) is 18.9. The number of para-hydroxylation sites is 1. The van der Waals surface area contributed by atoms with Crippen molar-refractivity contribution in [3.63, 3.8) is 0 Å². The number of aryl methyl sites for hydroxylation is 1. The molecule has 0 spiro atoms. The Balaban J connectivity index is 1.80. The predicted octanol–water partition coefficient (Wildman–Crippen LogP) is 6.04. The van der Waals surface area contributed by atoms with E-state index in [1.165, 1.54) is 5.56 Å². The number of thioether (sulfide) groups is 1. The summed E-state index contributed by atoms with van der Waals surface area (Å²) in [6.45, 7) is 4.13. The van der Waals surface area contributed by atoms with Crippen molar-refractivity contribution >= 4 is 33.7 Å². The van der Waals surface area contributed by atoms with Crippen LogP contribution in [0.1, 0.15) is 23.3 Å². The summed E-state index contributed by atoms with van der Waals surface area (Å²) < 4.78 is 7.29. The van der Waals surface area contributed by atoms with Crippen molar-refractivity contribution in [3.8, 4) is 11.4 Å². The molecule has 1 unspecified atom stereocenters. The maximum Gasteiger partial charge on any atom is 0.283 e. The molecule has 5 rings (SSSR count). The van der Waals surface area contributed by atoms with Gasteiger partial charge in [0.25, 0.3) is 5.56 Å². The summed E-state index contributed by atoms with van der Waals surface area (Å²) in [7, 11) is 1.62. The molecule has 0 fully saturated rings. The Bertz CT molecular complexity index is 1490. The number of fused-ring (bicyclic) bond motifs is 3. The minimum atomic E-state index is -0.141. The van der Waals surface area contributed by atoms with E-state index in [2.05, 4.69) is 24.0 Å². The third-order valence-electron chi connectivity index (χ3n) is 5.62. The summed E-state index contributed by atoms with van der Waals surface area (Å²) in [5, 5.41) is 1.68. The van der Waals surface area contributed by atoms with Gasteiger partial charge in [-0.05, 0) is 43.2 Å². The fourth-order valence-corrected chi connectivity index (χ4v) is 5.00. The lowest BCUT2D eigenvalue weighted by Gasteiger charge is -2.18. The van der Waals surface area contributed by atoms with E-state index in [1.54, 1.807) is 23.4 Å². The number of methoxy groups -OCH3 is 1. The molecule has 2 heterocycles. The highest BCUT2D eigenvalue weighted by Gasteiger charge is 2.21. The lowest BCUT2D eigenvalue weighted by Crippen LogP contribution is -2.22. The number of nitrogens with zero attached hydrogens (tertiary/aromatic N) is 2. The van der Waals surface area contributed by atoms with Crippen molar-refractivity contribution in [1.82, 2.24) is 14.5 Å². The van der Waals surface area contributed by atoms with Crippen molar-refractivity contribution in [3.05, 3.63) is 94.3 Å². The molecule has 0 aliphatic rings. The fraction of sp³-hybridized carbons (Fsp3) is 0.154. The SMILES string of the molecule is COc1ccc(C)cc1-n1c(SC(C)c2ccccc2)nc2c([nH]c3ccccc32)c1=O. The minimum absolute atomic E-state index is 0.104. The number of nitrogens with one attached hydrogen (secondary N) is 1. The maximum absolute atomic E-state index is 13.8. The molecule has 0 aliphatic carbocycles. The van der Waals surface area contributed by atoms with Crippen LogP contribution in [0, 0.1) is 6.92 Å². The van der Waals surface area contributed by atoms with Gasteiger partial charge >= 0.3 is 0 Å². The highest BCUT2D eigenvalue weighted by molar-refractivity contribution is 7.99. The van der Waals surface area contributed by atoms with E-state index in [1.807, 2.05) is 67.6 Å². The van der Waals surface area contributed by atoms with Gasteiger partial charge in [0.05, 0.1) is 12.8 Å². The molecular weight excluding hydrogens is 418 g/mol. The summed E-state index contributed by atoms with van der Waals surface area (Å²) >= 11 is 1.57. The van der Waals surface area contributed by atoms with Crippen LogP contribution in [-0.4, -0.2) is 21.6 Å². The van der Waals surface area contributed by atoms with Crippen LogP contribution in [0.15, 0.2) is 82.7 Å². The molecule has 5 nitrogen and oxygen atoms in total. The zero-order valence-electron chi connectivity index (χ0n) is 18.1. The van der Waals surface area contributed by atoms with Gasteiger partial charge in [0.1, 0.15) is 16.8 Å². The van der Waals surface area contributed by atoms with Gasteiger partial charge < -0.3 is 9.72 Å². The second-order valence-electron chi connectivity index (χ2n) is 7.78. The van der Waals surface area contributed by atoms with Crippen LogP contribution >= 0.6 is 11.8 Å². The maximum atomic E-state index is 13.8. The van der Waals surface area contributed by atoms with Crippen molar-refractivity contribution in [2.75, 3.05) is 7.11 Å². The van der Waals surface area contributed by atoms with Gasteiger partial charge in [-0.25, -0.2) is 9.55 Å². The fourth-order valence-electron chi connectivity index (χ4n) is 3.96. The quantitative estimate of drug-likeness (QED) is 0.267. The lowest BCUT2D eigenvalue weighted by molar-refractivity contribution is 0.411. The van der Waals surface area contributed by atoms with Crippen LogP contribution < -0.4 is 10.3 Å². The second kappa shape index (κ2) is 8.20. The molecule has 0 radical (unpaired) electrons. The minimum Gasteiger partial charge on any atom is -0.495 e. The molecule has 0 aliphatic heterocycles. The van der Waals surface area contributed by atoms with E-state index in [4.69, 9.17) is 9.72 Å². The first-order valence-electron chi connectivity index (χ1n) is 10.5. The monoisotopic (exact) mass is 441 g/mol. The summed E-state index contributed by atoms with van der Waals surface area (Å²) in [5.74, 6) is 0.629. The summed E-state index contributed by atoms with van der Waals surface area (Å²) in [6.07, 6.45) is 0. The van der Waals surface area contributed by atoms with Gasteiger partial charge in [0, 0.05) is 16.2 Å². The van der Waals surface area contributed by atoms with E-state index in [0.29, 0.717) is 27.6 Å². The lowest BCUT2D eigenvalue weighted by atomic mass is 10.2. The predicted molar refractivity (Wildman–Crippen MR) is 131 cm³/mol. The van der Waals surface area contributed by atoms with Crippen LogP contribution in [0.2, 0.25) is 0 Å².